The molecule has 64 valence electrons. The van der Waals surface area contributed by atoms with Gasteiger partial charge in [0.05, 0.1) is 12.1 Å². The molecule has 1 unspecified atom stereocenters. The van der Waals surface area contributed by atoms with Gasteiger partial charge in [0, 0.05) is 18.9 Å². The van der Waals surface area contributed by atoms with Gasteiger partial charge in [-0.1, -0.05) is 0 Å². The van der Waals surface area contributed by atoms with Crippen molar-refractivity contribution in [1.82, 2.24) is 9.88 Å². The monoisotopic (exact) mass is 163 g/mol. The van der Waals surface area contributed by atoms with E-state index in [0.717, 1.165) is 6.54 Å². The van der Waals surface area contributed by atoms with E-state index in [2.05, 4.69) is 11.1 Å². The molecule has 1 rings (SSSR count). The molecular weight excluding hydrogens is 150 g/mol. The highest BCUT2D eigenvalue weighted by Crippen LogP contribution is 2.03. The molecule has 1 aromatic rings. The van der Waals surface area contributed by atoms with Crippen molar-refractivity contribution < 1.29 is 0 Å². The minimum atomic E-state index is -0.0279. The number of nitrogens with zero attached hydrogens (tertiary/aromatic N) is 2. The van der Waals surface area contributed by atoms with Crippen LogP contribution in [-0.4, -0.2) is 23.0 Å². The van der Waals surface area contributed by atoms with Crippen molar-refractivity contribution in [2.75, 3.05) is 7.05 Å². The summed E-state index contributed by atoms with van der Waals surface area (Å²) in [5.74, 6) is 0. The highest BCUT2D eigenvalue weighted by atomic mass is 15.1. The van der Waals surface area contributed by atoms with Gasteiger partial charge in [-0.3, -0.25) is 4.90 Å². The number of nitrogens with one attached hydrogen (secondary N) is 1. The van der Waals surface area contributed by atoms with E-state index < -0.39 is 0 Å². The van der Waals surface area contributed by atoms with Gasteiger partial charge in [-0.2, -0.15) is 5.26 Å². The van der Waals surface area contributed by atoms with E-state index in [9.17, 15) is 0 Å². The van der Waals surface area contributed by atoms with Crippen molar-refractivity contribution in [2.45, 2.75) is 19.5 Å². The number of H-pyrrole nitrogens is 1. The molecule has 3 nitrogen and oxygen atoms in total. The molecule has 1 heterocycles. The normalized spacial score (nSPS) is 12.8. The molecule has 0 amide bonds. The summed E-state index contributed by atoms with van der Waals surface area (Å²) < 4.78 is 0. The molecule has 0 aliphatic heterocycles. The van der Waals surface area contributed by atoms with Crippen molar-refractivity contribution in [3.63, 3.8) is 0 Å². The molecule has 3 heteroatoms. The summed E-state index contributed by atoms with van der Waals surface area (Å²) in [7, 11) is 1.95. The number of hydrogen-bond donors (Lipinski definition) is 1. The predicted molar refractivity (Wildman–Crippen MR) is 47.3 cm³/mol. The summed E-state index contributed by atoms with van der Waals surface area (Å²) in [5, 5.41) is 8.63. The Kier molecular flexibility index (Phi) is 2.89. The van der Waals surface area contributed by atoms with Crippen molar-refractivity contribution in [3.8, 4) is 6.07 Å². The van der Waals surface area contributed by atoms with Crippen LogP contribution in [0.1, 0.15) is 12.5 Å². The van der Waals surface area contributed by atoms with E-state index >= 15 is 0 Å². The lowest BCUT2D eigenvalue weighted by molar-refractivity contribution is 0.294. The van der Waals surface area contributed by atoms with Gasteiger partial charge in [-0.25, -0.2) is 0 Å². The Hall–Kier alpha value is -1.27. The maximum atomic E-state index is 8.63. The predicted octanol–water partition coefficient (Wildman–Crippen LogP) is 1.36. The molecule has 0 aromatic carbocycles. The highest BCUT2D eigenvalue weighted by molar-refractivity contribution is 5.08. The maximum Gasteiger partial charge on any atom is 0.0949 e. The molecule has 12 heavy (non-hydrogen) atoms. The number of aromatic amines is 1. The van der Waals surface area contributed by atoms with Gasteiger partial charge in [0.2, 0.25) is 0 Å². The minimum absolute atomic E-state index is 0.0279. The lowest BCUT2D eigenvalue weighted by Crippen LogP contribution is -2.26. The second kappa shape index (κ2) is 3.93. The summed E-state index contributed by atoms with van der Waals surface area (Å²) in [6.07, 6.45) is 3.83. The number of nitriles is 1. The van der Waals surface area contributed by atoms with Crippen LogP contribution in [0, 0.1) is 11.3 Å². The second-order valence-electron chi connectivity index (χ2n) is 2.94. The van der Waals surface area contributed by atoms with E-state index in [0.29, 0.717) is 0 Å². The van der Waals surface area contributed by atoms with Crippen LogP contribution in [0.3, 0.4) is 0 Å². The topological polar surface area (TPSA) is 42.8 Å². The fraction of sp³-hybridized carbons (Fsp3) is 0.444. The molecule has 1 aromatic heterocycles. The molecular formula is C9H13N3. The zero-order valence-corrected chi connectivity index (χ0v) is 7.41. The van der Waals surface area contributed by atoms with Crippen LogP contribution >= 0.6 is 0 Å². The van der Waals surface area contributed by atoms with Crippen LogP contribution in [0.5, 0.6) is 0 Å². The summed E-state index contributed by atoms with van der Waals surface area (Å²) in [6, 6.07) is 4.18. The largest absolute Gasteiger partial charge is 0.367 e. The molecule has 0 aliphatic carbocycles. The van der Waals surface area contributed by atoms with Crippen molar-refractivity contribution in [3.05, 3.63) is 24.0 Å². The van der Waals surface area contributed by atoms with E-state index in [1.807, 2.05) is 37.3 Å². The third-order valence-electron chi connectivity index (χ3n) is 1.94. The fourth-order valence-electron chi connectivity index (χ4n) is 0.980. The van der Waals surface area contributed by atoms with Crippen molar-refractivity contribution in [2.24, 2.45) is 0 Å². The molecule has 0 fully saturated rings. The first kappa shape index (κ1) is 8.82. The van der Waals surface area contributed by atoms with Gasteiger partial charge in [0.25, 0.3) is 0 Å². The zero-order chi connectivity index (χ0) is 8.97. The fourth-order valence-corrected chi connectivity index (χ4v) is 0.980. The Labute approximate surface area is 72.6 Å². The first-order chi connectivity index (χ1) is 5.74. The van der Waals surface area contributed by atoms with Gasteiger partial charge in [0.15, 0.2) is 0 Å². The Morgan fingerprint density at radius 3 is 3.00 bits per heavy atom. The van der Waals surface area contributed by atoms with Crippen molar-refractivity contribution >= 4 is 0 Å². The van der Waals surface area contributed by atoms with Gasteiger partial charge in [0.1, 0.15) is 0 Å². The van der Waals surface area contributed by atoms with Gasteiger partial charge in [-0.05, 0) is 25.6 Å². The van der Waals surface area contributed by atoms with Crippen LogP contribution in [0.2, 0.25) is 0 Å². The SMILES string of the molecule is CC(C#N)N(C)Cc1cc[nH]c1. The molecule has 0 saturated heterocycles. The molecule has 1 atom stereocenters. The molecule has 0 radical (unpaired) electrons. The van der Waals surface area contributed by atoms with Crippen LogP contribution in [0.25, 0.3) is 0 Å². The summed E-state index contributed by atoms with van der Waals surface area (Å²) in [5.41, 5.74) is 1.21. The summed E-state index contributed by atoms with van der Waals surface area (Å²) in [6.45, 7) is 2.71. The van der Waals surface area contributed by atoms with Gasteiger partial charge in [-0.15, -0.1) is 0 Å². The van der Waals surface area contributed by atoms with Crippen LogP contribution in [0.4, 0.5) is 0 Å². The molecule has 0 spiro atoms. The van der Waals surface area contributed by atoms with Gasteiger partial charge < -0.3 is 4.98 Å². The van der Waals surface area contributed by atoms with E-state index in [4.69, 9.17) is 5.26 Å². The second-order valence-corrected chi connectivity index (χ2v) is 2.94. The summed E-state index contributed by atoms with van der Waals surface area (Å²) in [4.78, 5) is 4.99. The minimum Gasteiger partial charge on any atom is -0.367 e. The lowest BCUT2D eigenvalue weighted by Gasteiger charge is -2.17. The maximum absolute atomic E-state index is 8.63. The third kappa shape index (κ3) is 2.11. The third-order valence-corrected chi connectivity index (χ3v) is 1.94. The molecule has 1 N–H and O–H groups in total. The highest BCUT2D eigenvalue weighted by Gasteiger charge is 2.07. The zero-order valence-electron chi connectivity index (χ0n) is 7.41. The van der Waals surface area contributed by atoms with Crippen LogP contribution in [0.15, 0.2) is 18.5 Å². The molecule has 0 saturated carbocycles. The van der Waals surface area contributed by atoms with Crippen LogP contribution < -0.4 is 0 Å². The standard InChI is InChI=1S/C9H13N3/c1-8(5-10)12(2)7-9-3-4-11-6-9/h3-4,6,8,11H,7H2,1-2H3. The smallest absolute Gasteiger partial charge is 0.0949 e. The quantitative estimate of drug-likeness (QED) is 0.731. The number of aromatic nitrogens is 1. The molecule has 0 bridgehead atoms. The Balaban J connectivity index is 2.48. The van der Waals surface area contributed by atoms with Crippen LogP contribution in [-0.2, 0) is 6.54 Å². The Morgan fingerprint density at radius 2 is 2.50 bits per heavy atom. The average Bonchev–Trinajstić information content (AvgIpc) is 2.55. The van der Waals surface area contributed by atoms with Gasteiger partial charge >= 0.3 is 0 Å². The number of hydrogen-bond acceptors (Lipinski definition) is 2. The molecule has 0 aliphatic rings. The van der Waals surface area contributed by atoms with E-state index in [1.165, 1.54) is 5.56 Å². The van der Waals surface area contributed by atoms with Crippen molar-refractivity contribution in [1.29, 1.82) is 5.26 Å². The first-order valence-electron chi connectivity index (χ1n) is 3.95. The Bertz CT molecular complexity index is 258. The Morgan fingerprint density at radius 1 is 1.75 bits per heavy atom. The lowest BCUT2D eigenvalue weighted by atomic mass is 10.2. The van der Waals surface area contributed by atoms with E-state index in [1.54, 1.807) is 0 Å². The van der Waals surface area contributed by atoms with E-state index in [-0.39, 0.29) is 6.04 Å². The number of rotatable bonds is 3. The summed E-state index contributed by atoms with van der Waals surface area (Å²) >= 11 is 0. The average molecular weight is 163 g/mol. The first-order valence-corrected chi connectivity index (χ1v) is 3.95.